The average molecular weight is 382 g/mol. The third kappa shape index (κ3) is 3.12. The summed E-state index contributed by atoms with van der Waals surface area (Å²) in [7, 11) is 0. The van der Waals surface area contributed by atoms with Gasteiger partial charge < -0.3 is 10.2 Å². The minimum Gasteiger partial charge on any atom is -0.322 e. The number of amides is 3. The van der Waals surface area contributed by atoms with Crippen LogP contribution in [0.1, 0.15) is 40.7 Å². The Hall–Kier alpha value is -2.25. The molecule has 3 amide bonds. The fourth-order valence-electron chi connectivity index (χ4n) is 5.07. The van der Waals surface area contributed by atoms with Crippen LogP contribution < -0.4 is 10.6 Å². The summed E-state index contributed by atoms with van der Waals surface area (Å²) in [6, 6.07) is 5.57. The first kappa shape index (κ1) is 17.8. The molecule has 2 unspecified atom stereocenters. The molecule has 0 radical (unpaired) electrons. The van der Waals surface area contributed by atoms with E-state index in [9.17, 15) is 14.4 Å². The molecule has 4 aliphatic heterocycles. The van der Waals surface area contributed by atoms with E-state index in [4.69, 9.17) is 0 Å². The van der Waals surface area contributed by atoms with E-state index in [1.807, 2.05) is 12.1 Å². The van der Waals surface area contributed by atoms with Gasteiger partial charge in [-0.05, 0) is 55.0 Å². The van der Waals surface area contributed by atoms with Crippen molar-refractivity contribution in [3.63, 3.8) is 0 Å². The van der Waals surface area contributed by atoms with Gasteiger partial charge >= 0.3 is 0 Å². The molecule has 0 aromatic heterocycles. The Morgan fingerprint density at radius 2 is 1.93 bits per heavy atom. The van der Waals surface area contributed by atoms with Crippen LogP contribution >= 0.6 is 0 Å². The van der Waals surface area contributed by atoms with E-state index in [1.165, 1.54) is 6.42 Å². The van der Waals surface area contributed by atoms with Gasteiger partial charge in [-0.2, -0.15) is 0 Å². The maximum Gasteiger partial charge on any atom is 0.255 e. The first-order chi connectivity index (χ1) is 13.6. The maximum absolute atomic E-state index is 12.9. The van der Waals surface area contributed by atoms with Crippen LogP contribution in [0.3, 0.4) is 0 Å². The number of hydrogen-bond acceptors (Lipinski definition) is 5. The van der Waals surface area contributed by atoms with E-state index in [0.717, 1.165) is 55.7 Å². The Morgan fingerprint density at radius 3 is 2.68 bits per heavy atom. The summed E-state index contributed by atoms with van der Waals surface area (Å²) in [6.45, 7) is 5.90. The first-order valence-corrected chi connectivity index (χ1v) is 10.3. The lowest BCUT2D eigenvalue weighted by molar-refractivity contribution is -0.136. The fraction of sp³-hybridized carbons (Fsp3) is 0.571. The molecule has 7 heteroatoms. The van der Waals surface area contributed by atoms with Gasteiger partial charge in [0.1, 0.15) is 6.04 Å². The van der Waals surface area contributed by atoms with Crippen molar-refractivity contribution in [2.24, 2.45) is 11.8 Å². The summed E-state index contributed by atoms with van der Waals surface area (Å²) in [5, 5.41) is 5.80. The van der Waals surface area contributed by atoms with Gasteiger partial charge in [-0.1, -0.05) is 12.1 Å². The molecule has 7 nitrogen and oxygen atoms in total. The minimum absolute atomic E-state index is 0.0927. The molecule has 3 fully saturated rings. The van der Waals surface area contributed by atoms with E-state index >= 15 is 0 Å². The van der Waals surface area contributed by atoms with Gasteiger partial charge in [0.15, 0.2) is 0 Å². The lowest BCUT2D eigenvalue weighted by atomic mass is 9.85. The molecule has 1 aromatic carbocycles. The van der Waals surface area contributed by atoms with Crippen LogP contribution in [-0.2, 0) is 22.7 Å². The molecule has 0 aliphatic carbocycles. The van der Waals surface area contributed by atoms with E-state index in [-0.39, 0.29) is 24.1 Å². The van der Waals surface area contributed by atoms with Gasteiger partial charge in [0.2, 0.25) is 11.8 Å². The number of imide groups is 1. The van der Waals surface area contributed by atoms with E-state index in [0.29, 0.717) is 18.5 Å². The molecule has 4 heterocycles. The molecule has 148 valence electrons. The van der Waals surface area contributed by atoms with Gasteiger partial charge in [0.25, 0.3) is 5.91 Å². The van der Waals surface area contributed by atoms with Crippen molar-refractivity contribution in [3.8, 4) is 0 Å². The van der Waals surface area contributed by atoms with E-state index in [1.54, 1.807) is 4.90 Å². The van der Waals surface area contributed by atoms with Crippen LogP contribution in [0.4, 0.5) is 0 Å². The van der Waals surface area contributed by atoms with Crippen molar-refractivity contribution in [2.75, 3.05) is 26.2 Å². The molecule has 3 saturated heterocycles. The number of carbonyl (C=O) groups excluding carboxylic acids is 3. The molecular weight excluding hydrogens is 356 g/mol. The van der Waals surface area contributed by atoms with Crippen LogP contribution in [0.2, 0.25) is 0 Å². The number of carbonyl (C=O) groups is 3. The van der Waals surface area contributed by atoms with Crippen molar-refractivity contribution < 1.29 is 14.4 Å². The molecule has 28 heavy (non-hydrogen) atoms. The number of fused-ring (bicyclic) bond motifs is 1. The summed E-state index contributed by atoms with van der Waals surface area (Å²) in [6.07, 6.45) is 1.99. The molecule has 2 N–H and O–H groups in total. The molecule has 1 aromatic rings. The summed E-state index contributed by atoms with van der Waals surface area (Å²) in [5.41, 5.74) is 2.83. The summed E-state index contributed by atoms with van der Waals surface area (Å²) in [4.78, 5) is 40.5. The third-order valence-corrected chi connectivity index (χ3v) is 6.75. The average Bonchev–Trinajstić information content (AvgIpc) is 3.27. The fourth-order valence-corrected chi connectivity index (χ4v) is 5.07. The van der Waals surface area contributed by atoms with Crippen LogP contribution in [-0.4, -0.2) is 59.7 Å². The molecule has 4 aliphatic rings. The quantitative estimate of drug-likeness (QED) is 0.741. The van der Waals surface area contributed by atoms with Crippen molar-refractivity contribution >= 4 is 17.7 Å². The third-order valence-electron chi connectivity index (χ3n) is 6.75. The second-order valence-corrected chi connectivity index (χ2v) is 8.60. The predicted molar refractivity (Wildman–Crippen MR) is 102 cm³/mol. The van der Waals surface area contributed by atoms with E-state index in [2.05, 4.69) is 21.6 Å². The van der Waals surface area contributed by atoms with Crippen molar-refractivity contribution in [1.29, 1.82) is 0 Å². The maximum atomic E-state index is 12.9. The highest BCUT2D eigenvalue weighted by atomic mass is 16.2. The lowest BCUT2D eigenvalue weighted by Gasteiger charge is -2.42. The smallest absolute Gasteiger partial charge is 0.255 e. The Bertz CT molecular complexity index is 827. The summed E-state index contributed by atoms with van der Waals surface area (Å²) in [5.74, 6) is 0.915. The Kier molecular flexibility index (Phi) is 4.44. The SMILES string of the molecule is O=C1CCC(N2Cc3ccc(CN4CC(C5CCNC5)C4)cc3C2=O)C(=O)N1. The number of nitrogens with zero attached hydrogens (tertiary/aromatic N) is 2. The van der Waals surface area contributed by atoms with Crippen molar-refractivity contribution in [3.05, 3.63) is 34.9 Å². The van der Waals surface area contributed by atoms with E-state index < -0.39 is 6.04 Å². The summed E-state index contributed by atoms with van der Waals surface area (Å²) >= 11 is 0. The topological polar surface area (TPSA) is 81.8 Å². The monoisotopic (exact) mass is 382 g/mol. The van der Waals surface area contributed by atoms with Gasteiger partial charge in [0.05, 0.1) is 0 Å². The molecular formula is C21H26N4O3. The van der Waals surface area contributed by atoms with Gasteiger partial charge in [-0.15, -0.1) is 0 Å². The molecule has 2 atom stereocenters. The highest BCUT2D eigenvalue weighted by Gasteiger charge is 2.39. The summed E-state index contributed by atoms with van der Waals surface area (Å²) < 4.78 is 0. The van der Waals surface area contributed by atoms with Crippen LogP contribution in [0.5, 0.6) is 0 Å². The zero-order valence-corrected chi connectivity index (χ0v) is 15.9. The van der Waals surface area contributed by atoms with Gasteiger partial charge in [0, 0.05) is 38.2 Å². The zero-order chi connectivity index (χ0) is 19.3. The lowest BCUT2D eigenvalue weighted by Crippen LogP contribution is -2.52. The van der Waals surface area contributed by atoms with Crippen LogP contribution in [0.15, 0.2) is 18.2 Å². The standard InChI is InChI=1S/C21H26N4O3/c26-19-4-3-18(20(27)23-19)25-12-15-2-1-13(7-17(15)21(25)28)9-24-10-16(11-24)14-5-6-22-8-14/h1-2,7,14,16,18,22H,3-6,8-12H2,(H,23,26,27). The first-order valence-electron chi connectivity index (χ1n) is 10.3. The Balaban J connectivity index is 1.23. The van der Waals surface area contributed by atoms with Gasteiger partial charge in [-0.25, -0.2) is 0 Å². The number of hydrogen-bond donors (Lipinski definition) is 2. The normalized spacial score (nSPS) is 28.4. The molecule has 0 bridgehead atoms. The highest BCUT2D eigenvalue weighted by Crippen LogP contribution is 2.31. The highest BCUT2D eigenvalue weighted by molar-refractivity contribution is 6.05. The number of piperidine rings is 1. The number of nitrogens with one attached hydrogen (secondary N) is 2. The van der Waals surface area contributed by atoms with Crippen LogP contribution in [0.25, 0.3) is 0 Å². The van der Waals surface area contributed by atoms with Crippen molar-refractivity contribution in [1.82, 2.24) is 20.4 Å². The predicted octanol–water partition coefficient (Wildman–Crippen LogP) is 0.489. The minimum atomic E-state index is -0.544. The zero-order valence-electron chi connectivity index (χ0n) is 15.9. The largest absolute Gasteiger partial charge is 0.322 e. The number of rotatable bonds is 4. The number of benzene rings is 1. The van der Waals surface area contributed by atoms with Crippen LogP contribution in [0, 0.1) is 11.8 Å². The van der Waals surface area contributed by atoms with Crippen molar-refractivity contribution in [2.45, 2.75) is 38.4 Å². The number of likely N-dealkylation sites (tertiary alicyclic amines) is 1. The molecule has 5 rings (SSSR count). The Morgan fingerprint density at radius 1 is 1.07 bits per heavy atom. The van der Waals surface area contributed by atoms with Gasteiger partial charge in [-0.3, -0.25) is 24.6 Å². The Labute approximate surface area is 164 Å². The second kappa shape index (κ2) is 6.97. The molecule has 0 spiro atoms. The second-order valence-electron chi connectivity index (χ2n) is 8.60. The molecule has 0 saturated carbocycles.